The third-order valence-corrected chi connectivity index (χ3v) is 4.15. The molecule has 2 aromatic carbocycles. The minimum Gasteiger partial charge on any atom is -0.497 e. The summed E-state index contributed by atoms with van der Waals surface area (Å²) in [6, 6.07) is 17.1. The first kappa shape index (κ1) is 14.4. The fourth-order valence-electron chi connectivity index (χ4n) is 2.90. The number of fused-ring (bicyclic) bond motifs is 1. The summed E-state index contributed by atoms with van der Waals surface area (Å²) in [5.41, 5.74) is 2.02. The largest absolute Gasteiger partial charge is 0.497 e. The highest BCUT2D eigenvalue weighted by atomic mass is 16.5. The fraction of sp³-hybridized carbons (Fsp3) is 0.167. The number of nitrogens with zero attached hydrogens (tertiary/aromatic N) is 4. The van der Waals surface area contributed by atoms with Crippen LogP contribution in [0.3, 0.4) is 0 Å². The zero-order chi connectivity index (χ0) is 16.5. The first-order valence-electron chi connectivity index (χ1n) is 7.72. The maximum absolute atomic E-state index is 12.8. The van der Waals surface area contributed by atoms with Gasteiger partial charge in [0.25, 0.3) is 5.56 Å². The highest BCUT2D eigenvalue weighted by Gasteiger charge is 2.25. The fourth-order valence-corrected chi connectivity index (χ4v) is 2.90. The van der Waals surface area contributed by atoms with Gasteiger partial charge in [-0.15, -0.1) is 10.2 Å². The number of ether oxygens (including phenoxy) is 1. The first-order valence-corrected chi connectivity index (χ1v) is 7.72. The van der Waals surface area contributed by atoms with E-state index < -0.39 is 0 Å². The third-order valence-electron chi connectivity index (χ3n) is 4.15. The molecule has 0 amide bonds. The summed E-state index contributed by atoms with van der Waals surface area (Å²) in [4.78, 5) is 14.7. The molecule has 6 heteroatoms. The van der Waals surface area contributed by atoms with Crippen molar-refractivity contribution in [1.82, 2.24) is 14.8 Å². The van der Waals surface area contributed by atoms with Gasteiger partial charge in [-0.2, -0.15) is 0 Å². The Morgan fingerprint density at radius 1 is 0.958 bits per heavy atom. The van der Waals surface area contributed by atoms with Crippen LogP contribution in [0.25, 0.3) is 11.3 Å². The monoisotopic (exact) mass is 320 g/mol. The third kappa shape index (κ3) is 2.32. The number of aromatic nitrogens is 3. The molecule has 2 heterocycles. The van der Waals surface area contributed by atoms with E-state index in [1.807, 2.05) is 59.5 Å². The number of hydrogen-bond donors (Lipinski definition) is 0. The van der Waals surface area contributed by atoms with Crippen LogP contribution < -0.4 is 15.2 Å². The predicted octanol–water partition coefficient (Wildman–Crippen LogP) is 2.47. The summed E-state index contributed by atoms with van der Waals surface area (Å²) >= 11 is 0. The normalized spacial score (nSPS) is 13.0. The van der Waals surface area contributed by atoms with Crippen molar-refractivity contribution in [2.24, 2.45) is 0 Å². The van der Waals surface area contributed by atoms with Gasteiger partial charge < -0.3 is 9.64 Å². The molecule has 0 bridgehead atoms. The minimum absolute atomic E-state index is 0.109. The molecule has 4 rings (SSSR count). The lowest BCUT2D eigenvalue weighted by Gasteiger charge is -2.17. The molecule has 0 radical (unpaired) electrons. The number of methoxy groups -OCH3 is 1. The highest BCUT2D eigenvalue weighted by molar-refractivity contribution is 5.62. The van der Waals surface area contributed by atoms with Crippen molar-refractivity contribution in [2.75, 3.05) is 18.6 Å². The van der Waals surface area contributed by atoms with Crippen molar-refractivity contribution in [3.8, 4) is 17.0 Å². The molecule has 0 N–H and O–H groups in total. The average molecular weight is 320 g/mol. The lowest BCUT2D eigenvalue weighted by atomic mass is 10.2. The van der Waals surface area contributed by atoms with E-state index in [2.05, 4.69) is 10.2 Å². The van der Waals surface area contributed by atoms with Gasteiger partial charge in [0, 0.05) is 24.3 Å². The zero-order valence-electron chi connectivity index (χ0n) is 13.2. The molecule has 0 saturated heterocycles. The molecule has 24 heavy (non-hydrogen) atoms. The SMILES string of the molecule is COc1ccc(N2CCn3c2nnc(-c2ccccc2)c3=O)cc1. The number of hydrogen-bond acceptors (Lipinski definition) is 5. The van der Waals surface area contributed by atoms with Gasteiger partial charge in [-0.25, -0.2) is 0 Å². The Morgan fingerprint density at radius 2 is 1.71 bits per heavy atom. The Bertz CT molecular complexity index is 920. The van der Waals surface area contributed by atoms with E-state index in [9.17, 15) is 4.79 Å². The van der Waals surface area contributed by atoms with Gasteiger partial charge in [-0.3, -0.25) is 9.36 Å². The Labute approximate surface area is 139 Å². The maximum Gasteiger partial charge on any atom is 0.281 e. The first-order chi connectivity index (χ1) is 11.8. The lowest BCUT2D eigenvalue weighted by molar-refractivity contribution is 0.415. The van der Waals surface area contributed by atoms with Crippen LogP contribution in [0.5, 0.6) is 5.75 Å². The second kappa shape index (κ2) is 5.81. The summed E-state index contributed by atoms with van der Waals surface area (Å²) in [5, 5.41) is 8.48. The molecule has 120 valence electrons. The van der Waals surface area contributed by atoms with Crippen molar-refractivity contribution < 1.29 is 4.74 Å². The molecule has 1 aliphatic heterocycles. The molecular formula is C18H16N4O2. The van der Waals surface area contributed by atoms with Gasteiger partial charge in [0.1, 0.15) is 5.75 Å². The van der Waals surface area contributed by atoms with Crippen molar-refractivity contribution in [1.29, 1.82) is 0 Å². The second-order valence-electron chi connectivity index (χ2n) is 5.52. The van der Waals surface area contributed by atoms with Crippen LogP contribution in [0.1, 0.15) is 0 Å². The highest BCUT2D eigenvalue weighted by Crippen LogP contribution is 2.28. The van der Waals surface area contributed by atoms with Crippen LogP contribution in [0.2, 0.25) is 0 Å². The van der Waals surface area contributed by atoms with E-state index >= 15 is 0 Å². The van der Waals surface area contributed by atoms with Crippen LogP contribution >= 0.6 is 0 Å². The molecule has 0 aliphatic carbocycles. The topological polar surface area (TPSA) is 60.2 Å². The molecular weight excluding hydrogens is 304 g/mol. The Kier molecular flexibility index (Phi) is 3.49. The second-order valence-corrected chi connectivity index (χ2v) is 5.52. The molecule has 3 aromatic rings. The molecule has 0 spiro atoms. The van der Waals surface area contributed by atoms with Gasteiger partial charge in [-0.05, 0) is 24.3 Å². The number of rotatable bonds is 3. The van der Waals surface area contributed by atoms with Crippen molar-refractivity contribution in [3.05, 3.63) is 65.0 Å². The number of benzene rings is 2. The summed E-state index contributed by atoms with van der Waals surface area (Å²) in [7, 11) is 1.64. The molecule has 0 fully saturated rings. The molecule has 0 unspecified atom stereocenters. The lowest BCUT2D eigenvalue weighted by Crippen LogP contribution is -2.23. The standard InChI is InChI=1S/C18H16N4O2/c1-24-15-9-7-14(8-10-15)21-11-12-22-17(23)16(19-20-18(21)22)13-5-3-2-4-6-13/h2-10H,11-12H2,1H3. The summed E-state index contributed by atoms with van der Waals surface area (Å²) in [6.45, 7) is 1.28. The van der Waals surface area contributed by atoms with E-state index in [4.69, 9.17) is 4.74 Å². The van der Waals surface area contributed by atoms with Gasteiger partial charge in [0.05, 0.1) is 7.11 Å². The van der Waals surface area contributed by atoms with Crippen LogP contribution in [-0.2, 0) is 6.54 Å². The predicted molar refractivity (Wildman–Crippen MR) is 91.7 cm³/mol. The Morgan fingerprint density at radius 3 is 2.42 bits per heavy atom. The Balaban J connectivity index is 1.74. The Hall–Kier alpha value is -3.15. The van der Waals surface area contributed by atoms with Crippen LogP contribution in [0.4, 0.5) is 11.6 Å². The quantitative estimate of drug-likeness (QED) is 0.742. The summed E-state index contributed by atoms with van der Waals surface area (Å²) < 4.78 is 6.86. The van der Waals surface area contributed by atoms with Crippen molar-refractivity contribution in [3.63, 3.8) is 0 Å². The van der Waals surface area contributed by atoms with Crippen LogP contribution in [0, 0.1) is 0 Å². The average Bonchev–Trinajstić information content (AvgIpc) is 3.08. The molecule has 6 nitrogen and oxygen atoms in total. The molecule has 1 aromatic heterocycles. The smallest absolute Gasteiger partial charge is 0.281 e. The summed E-state index contributed by atoms with van der Waals surface area (Å²) in [5.74, 6) is 1.37. The van der Waals surface area contributed by atoms with E-state index in [1.165, 1.54) is 0 Å². The van der Waals surface area contributed by atoms with Crippen molar-refractivity contribution in [2.45, 2.75) is 6.54 Å². The number of anilines is 2. The van der Waals surface area contributed by atoms with E-state index in [-0.39, 0.29) is 5.56 Å². The van der Waals surface area contributed by atoms with Crippen LogP contribution in [-0.4, -0.2) is 28.4 Å². The van der Waals surface area contributed by atoms with Crippen molar-refractivity contribution >= 4 is 11.6 Å². The maximum atomic E-state index is 12.8. The zero-order valence-corrected chi connectivity index (χ0v) is 13.2. The van der Waals surface area contributed by atoms with Crippen LogP contribution in [0.15, 0.2) is 59.4 Å². The molecule has 0 atom stereocenters. The molecule has 1 aliphatic rings. The van der Waals surface area contributed by atoms with Gasteiger partial charge in [-0.1, -0.05) is 30.3 Å². The van der Waals surface area contributed by atoms with E-state index in [0.29, 0.717) is 24.7 Å². The van der Waals surface area contributed by atoms with Gasteiger partial charge in [0.15, 0.2) is 5.69 Å². The van der Waals surface area contributed by atoms with E-state index in [1.54, 1.807) is 11.7 Å². The minimum atomic E-state index is -0.109. The van der Waals surface area contributed by atoms with Gasteiger partial charge in [0.2, 0.25) is 5.95 Å². The summed E-state index contributed by atoms with van der Waals surface area (Å²) in [6.07, 6.45) is 0. The van der Waals surface area contributed by atoms with E-state index in [0.717, 1.165) is 17.0 Å². The van der Waals surface area contributed by atoms with Gasteiger partial charge >= 0.3 is 0 Å². The molecule has 0 saturated carbocycles.